The molecule has 1 aliphatic heterocycles. The number of thiocarbonyl (C=S) groups is 1. The summed E-state index contributed by atoms with van der Waals surface area (Å²) < 4.78 is 5.59. The van der Waals surface area contributed by atoms with Crippen molar-refractivity contribution in [2.24, 2.45) is 17.1 Å². The second-order valence-electron chi connectivity index (χ2n) is 5.02. The molecule has 2 aliphatic rings. The maximum atomic E-state index is 12.0. The van der Waals surface area contributed by atoms with Gasteiger partial charge in [0.05, 0.1) is 16.5 Å². The van der Waals surface area contributed by atoms with E-state index in [-0.39, 0.29) is 12.0 Å². The van der Waals surface area contributed by atoms with Crippen LogP contribution < -0.4 is 11.1 Å². The van der Waals surface area contributed by atoms with Crippen LogP contribution in [0, 0.1) is 11.3 Å². The first-order valence-electron chi connectivity index (χ1n) is 6.30. The van der Waals surface area contributed by atoms with Crippen LogP contribution in [-0.4, -0.2) is 30.2 Å². The summed E-state index contributed by atoms with van der Waals surface area (Å²) in [5.74, 6) is 0.442. The minimum Gasteiger partial charge on any atom is -0.392 e. The number of carbonyl (C=O) groups excluding carboxylic acids is 1. The fraction of sp³-hybridized carbons (Fsp3) is 0.833. The molecule has 1 saturated carbocycles. The van der Waals surface area contributed by atoms with Crippen LogP contribution in [0.2, 0.25) is 0 Å². The van der Waals surface area contributed by atoms with Gasteiger partial charge in [-0.1, -0.05) is 19.1 Å². The molecule has 0 aromatic carbocycles. The van der Waals surface area contributed by atoms with Crippen molar-refractivity contribution in [2.75, 3.05) is 13.2 Å². The van der Waals surface area contributed by atoms with Gasteiger partial charge in [0.25, 0.3) is 0 Å². The Hall–Kier alpha value is -0.680. The van der Waals surface area contributed by atoms with Gasteiger partial charge in [-0.25, -0.2) is 0 Å². The summed E-state index contributed by atoms with van der Waals surface area (Å²) in [6, 6.07) is 0. The molecule has 0 aromatic rings. The van der Waals surface area contributed by atoms with E-state index >= 15 is 0 Å². The van der Waals surface area contributed by atoms with E-state index in [1.54, 1.807) is 0 Å². The number of hydrogen-bond acceptors (Lipinski definition) is 3. The molecule has 1 aliphatic carbocycles. The lowest BCUT2D eigenvalue weighted by Gasteiger charge is -2.19. The molecule has 5 heteroatoms. The Balaban J connectivity index is 1.82. The van der Waals surface area contributed by atoms with Crippen molar-refractivity contribution in [3.8, 4) is 0 Å². The highest BCUT2D eigenvalue weighted by atomic mass is 32.1. The number of nitrogens with two attached hydrogens (primary N) is 1. The van der Waals surface area contributed by atoms with Crippen LogP contribution in [-0.2, 0) is 9.53 Å². The Morgan fingerprint density at radius 3 is 2.82 bits per heavy atom. The van der Waals surface area contributed by atoms with Gasteiger partial charge in [0.1, 0.15) is 0 Å². The number of hydrogen-bond donors (Lipinski definition) is 2. The lowest BCUT2D eigenvalue weighted by atomic mass is 9.99. The molecule has 3 N–H and O–H groups in total. The summed E-state index contributed by atoms with van der Waals surface area (Å²) in [5, 5.41) is 2.99. The lowest BCUT2D eigenvalue weighted by Crippen LogP contribution is -2.42. The first-order valence-corrected chi connectivity index (χ1v) is 6.71. The van der Waals surface area contributed by atoms with Gasteiger partial charge in [0.15, 0.2) is 0 Å². The average molecular weight is 256 g/mol. The van der Waals surface area contributed by atoms with Crippen LogP contribution >= 0.6 is 12.2 Å². The Labute approximate surface area is 107 Å². The third-order valence-corrected chi connectivity index (χ3v) is 4.32. The van der Waals surface area contributed by atoms with Crippen molar-refractivity contribution < 1.29 is 9.53 Å². The van der Waals surface area contributed by atoms with Gasteiger partial charge in [-0.3, -0.25) is 4.79 Å². The van der Waals surface area contributed by atoms with Crippen LogP contribution in [0.4, 0.5) is 0 Å². The molecule has 17 heavy (non-hydrogen) atoms. The quantitative estimate of drug-likeness (QED) is 0.720. The van der Waals surface area contributed by atoms with E-state index in [1.165, 1.54) is 0 Å². The van der Waals surface area contributed by atoms with Crippen LogP contribution in [0.1, 0.15) is 32.6 Å². The smallest absolute Gasteiger partial charge is 0.233 e. The molecular formula is C12H20N2O2S. The Kier molecular flexibility index (Phi) is 3.68. The van der Waals surface area contributed by atoms with Gasteiger partial charge < -0.3 is 15.8 Å². The summed E-state index contributed by atoms with van der Waals surface area (Å²) in [6.07, 6.45) is 3.91. The van der Waals surface area contributed by atoms with Gasteiger partial charge in [-0.05, 0) is 25.7 Å². The predicted molar refractivity (Wildman–Crippen MR) is 69.6 cm³/mol. The van der Waals surface area contributed by atoms with Gasteiger partial charge in [-0.15, -0.1) is 0 Å². The number of nitrogens with one attached hydrogen (secondary N) is 1. The second kappa shape index (κ2) is 4.90. The van der Waals surface area contributed by atoms with Crippen LogP contribution in [0.15, 0.2) is 0 Å². The van der Waals surface area contributed by atoms with E-state index in [9.17, 15) is 4.79 Å². The van der Waals surface area contributed by atoms with E-state index in [0.29, 0.717) is 17.5 Å². The standard InChI is InChI=1S/C12H20N2O2S/c1-2-9-8(3-6-16-9)7-14-11(15)12(4-5-12)10(13)17/h8-9H,2-7H2,1H3,(H2,13,17)(H,14,15). The predicted octanol–water partition coefficient (Wildman–Crippen LogP) is 0.984. The minimum absolute atomic E-state index is 0.00625. The molecule has 0 spiro atoms. The summed E-state index contributed by atoms with van der Waals surface area (Å²) in [6.45, 7) is 3.60. The van der Waals surface area contributed by atoms with Gasteiger partial charge in [-0.2, -0.15) is 0 Å². The van der Waals surface area contributed by atoms with Gasteiger partial charge >= 0.3 is 0 Å². The fourth-order valence-electron chi connectivity index (χ4n) is 2.48. The number of amides is 1. The van der Waals surface area contributed by atoms with Crippen LogP contribution in [0.3, 0.4) is 0 Å². The van der Waals surface area contributed by atoms with Crippen molar-refractivity contribution in [2.45, 2.75) is 38.7 Å². The Morgan fingerprint density at radius 2 is 2.29 bits per heavy atom. The fourth-order valence-corrected chi connectivity index (χ4v) is 2.78. The lowest BCUT2D eigenvalue weighted by molar-refractivity contribution is -0.124. The highest BCUT2D eigenvalue weighted by molar-refractivity contribution is 7.80. The van der Waals surface area contributed by atoms with E-state index in [1.807, 2.05) is 0 Å². The zero-order chi connectivity index (χ0) is 12.5. The summed E-state index contributed by atoms with van der Waals surface area (Å²) >= 11 is 4.96. The SMILES string of the molecule is CCC1OCCC1CNC(=O)C1(C(N)=S)CC1. The zero-order valence-corrected chi connectivity index (χ0v) is 11.0. The molecule has 2 fully saturated rings. The van der Waals surface area contributed by atoms with Gasteiger partial charge in [0.2, 0.25) is 5.91 Å². The summed E-state index contributed by atoms with van der Waals surface area (Å²) in [4.78, 5) is 12.3. The average Bonchev–Trinajstić information content (AvgIpc) is 3.00. The maximum absolute atomic E-state index is 12.0. The van der Waals surface area contributed by atoms with E-state index < -0.39 is 5.41 Å². The van der Waals surface area contributed by atoms with Crippen molar-refractivity contribution in [3.63, 3.8) is 0 Å². The van der Waals surface area contributed by atoms with Crippen LogP contribution in [0.25, 0.3) is 0 Å². The molecule has 4 nitrogen and oxygen atoms in total. The topological polar surface area (TPSA) is 64.3 Å². The molecule has 0 aromatic heterocycles. The molecule has 0 radical (unpaired) electrons. The monoisotopic (exact) mass is 256 g/mol. The Morgan fingerprint density at radius 1 is 1.59 bits per heavy atom. The molecule has 1 amide bonds. The van der Waals surface area contributed by atoms with Crippen molar-refractivity contribution >= 4 is 23.1 Å². The van der Waals surface area contributed by atoms with Crippen molar-refractivity contribution in [3.05, 3.63) is 0 Å². The first-order chi connectivity index (χ1) is 8.10. The van der Waals surface area contributed by atoms with Gasteiger partial charge in [0, 0.05) is 19.1 Å². The van der Waals surface area contributed by atoms with Crippen molar-refractivity contribution in [1.82, 2.24) is 5.32 Å². The molecule has 2 unspecified atom stereocenters. The summed E-state index contributed by atoms with van der Waals surface area (Å²) in [7, 11) is 0. The minimum atomic E-state index is -0.531. The largest absolute Gasteiger partial charge is 0.392 e. The number of rotatable bonds is 5. The first kappa shape index (κ1) is 12.8. The molecule has 2 atom stereocenters. The maximum Gasteiger partial charge on any atom is 0.233 e. The molecule has 1 saturated heterocycles. The number of ether oxygens (including phenoxy) is 1. The van der Waals surface area contributed by atoms with E-state index in [0.717, 1.165) is 32.3 Å². The second-order valence-corrected chi connectivity index (χ2v) is 5.46. The molecular weight excluding hydrogens is 236 g/mol. The molecule has 0 bridgehead atoms. The van der Waals surface area contributed by atoms with E-state index in [2.05, 4.69) is 12.2 Å². The van der Waals surface area contributed by atoms with Crippen molar-refractivity contribution in [1.29, 1.82) is 0 Å². The highest BCUT2D eigenvalue weighted by Gasteiger charge is 2.52. The van der Waals surface area contributed by atoms with Crippen LogP contribution in [0.5, 0.6) is 0 Å². The molecule has 1 heterocycles. The highest BCUT2D eigenvalue weighted by Crippen LogP contribution is 2.46. The normalized spacial score (nSPS) is 29.9. The Bertz CT molecular complexity index is 328. The van der Waals surface area contributed by atoms with E-state index in [4.69, 9.17) is 22.7 Å². The molecule has 2 rings (SSSR count). The third-order valence-electron chi connectivity index (χ3n) is 3.93. The summed E-state index contributed by atoms with van der Waals surface area (Å²) in [5.41, 5.74) is 5.09. The number of carbonyl (C=O) groups is 1. The molecule has 96 valence electrons. The zero-order valence-electron chi connectivity index (χ0n) is 10.2. The third kappa shape index (κ3) is 2.45.